The molecule has 3 heteroatoms. The zero-order valence-electron chi connectivity index (χ0n) is 9.43. The zero-order chi connectivity index (χ0) is 11.6. The normalized spacial score (nSPS) is 11.3. The SMILES string of the molecule is COc1c(F)cccc1C(=O)C(C)(C)C. The van der Waals surface area contributed by atoms with Crippen LogP contribution in [0.15, 0.2) is 18.2 Å². The quantitative estimate of drug-likeness (QED) is 0.701. The first-order valence-electron chi connectivity index (χ1n) is 4.75. The van der Waals surface area contributed by atoms with Crippen LogP contribution in [-0.2, 0) is 0 Å². The monoisotopic (exact) mass is 210 g/mol. The molecule has 0 radical (unpaired) electrons. The van der Waals surface area contributed by atoms with E-state index in [2.05, 4.69) is 0 Å². The molecule has 0 bridgehead atoms. The molecule has 0 unspecified atom stereocenters. The summed E-state index contributed by atoms with van der Waals surface area (Å²) >= 11 is 0. The van der Waals surface area contributed by atoms with Crippen LogP contribution in [0, 0.1) is 11.2 Å². The smallest absolute Gasteiger partial charge is 0.172 e. The Balaban J connectivity index is 3.26. The molecule has 0 aliphatic rings. The van der Waals surface area contributed by atoms with Gasteiger partial charge in [0.25, 0.3) is 0 Å². The second-order valence-electron chi connectivity index (χ2n) is 4.40. The number of hydrogen-bond donors (Lipinski definition) is 0. The molecule has 15 heavy (non-hydrogen) atoms. The Kier molecular flexibility index (Phi) is 3.12. The average molecular weight is 210 g/mol. The lowest BCUT2D eigenvalue weighted by molar-refractivity contribution is 0.0854. The fraction of sp³-hybridized carbons (Fsp3) is 0.417. The molecule has 0 amide bonds. The largest absolute Gasteiger partial charge is 0.493 e. The lowest BCUT2D eigenvalue weighted by Crippen LogP contribution is -2.21. The van der Waals surface area contributed by atoms with Gasteiger partial charge in [0.15, 0.2) is 17.3 Å². The summed E-state index contributed by atoms with van der Waals surface area (Å²) in [5, 5.41) is 0. The van der Waals surface area contributed by atoms with Gasteiger partial charge in [-0.25, -0.2) is 4.39 Å². The highest BCUT2D eigenvalue weighted by Gasteiger charge is 2.26. The number of methoxy groups -OCH3 is 1. The topological polar surface area (TPSA) is 26.3 Å². The highest BCUT2D eigenvalue weighted by Crippen LogP contribution is 2.29. The van der Waals surface area contributed by atoms with Gasteiger partial charge >= 0.3 is 0 Å². The van der Waals surface area contributed by atoms with Crippen LogP contribution in [0.1, 0.15) is 31.1 Å². The van der Waals surface area contributed by atoms with Crippen molar-refractivity contribution in [3.63, 3.8) is 0 Å². The van der Waals surface area contributed by atoms with Gasteiger partial charge in [-0.15, -0.1) is 0 Å². The molecule has 82 valence electrons. The maximum atomic E-state index is 13.3. The van der Waals surface area contributed by atoms with Gasteiger partial charge in [0.05, 0.1) is 12.7 Å². The summed E-state index contributed by atoms with van der Waals surface area (Å²) in [5.41, 5.74) is -0.244. The van der Waals surface area contributed by atoms with Crippen molar-refractivity contribution in [1.29, 1.82) is 0 Å². The Morgan fingerprint density at radius 2 is 1.93 bits per heavy atom. The van der Waals surface area contributed by atoms with E-state index in [1.54, 1.807) is 26.8 Å². The predicted molar refractivity (Wildman–Crippen MR) is 56.7 cm³/mol. The zero-order valence-corrected chi connectivity index (χ0v) is 9.43. The average Bonchev–Trinajstić information content (AvgIpc) is 2.14. The number of hydrogen-bond acceptors (Lipinski definition) is 2. The van der Waals surface area contributed by atoms with Gasteiger partial charge < -0.3 is 4.74 Å². The Hall–Kier alpha value is -1.38. The van der Waals surface area contributed by atoms with Crippen molar-refractivity contribution in [2.24, 2.45) is 5.41 Å². The molecule has 1 aromatic rings. The highest BCUT2D eigenvalue weighted by molar-refractivity contribution is 6.02. The fourth-order valence-electron chi connectivity index (χ4n) is 1.30. The maximum absolute atomic E-state index is 13.3. The molecule has 0 spiro atoms. The first-order valence-corrected chi connectivity index (χ1v) is 4.75. The molecule has 2 nitrogen and oxygen atoms in total. The standard InChI is InChI=1S/C12H15FO2/c1-12(2,3)11(14)8-6-5-7-9(13)10(8)15-4/h5-7H,1-4H3. The second kappa shape index (κ2) is 4.01. The highest BCUT2D eigenvalue weighted by atomic mass is 19.1. The molecule has 0 saturated carbocycles. The third-order valence-electron chi connectivity index (χ3n) is 2.10. The lowest BCUT2D eigenvalue weighted by Gasteiger charge is -2.18. The molecule has 0 heterocycles. The number of ketones is 1. The van der Waals surface area contributed by atoms with Crippen LogP contribution >= 0.6 is 0 Å². The Bertz CT molecular complexity index is 378. The molecule has 0 aromatic heterocycles. The second-order valence-corrected chi connectivity index (χ2v) is 4.40. The molecular formula is C12H15FO2. The van der Waals surface area contributed by atoms with Crippen molar-refractivity contribution in [2.75, 3.05) is 7.11 Å². The molecule has 0 saturated heterocycles. The molecule has 1 aromatic carbocycles. The van der Waals surface area contributed by atoms with Crippen molar-refractivity contribution >= 4 is 5.78 Å². The first kappa shape index (κ1) is 11.7. The number of benzene rings is 1. The molecule has 1 rings (SSSR count). The Morgan fingerprint density at radius 3 is 2.40 bits per heavy atom. The number of ether oxygens (including phenoxy) is 1. The van der Waals surface area contributed by atoms with Gasteiger partial charge in [0, 0.05) is 5.41 Å². The number of carbonyl (C=O) groups is 1. The third kappa shape index (κ3) is 2.35. The number of Topliss-reactive ketones (excluding diaryl/α,β-unsaturated/α-hetero) is 1. The van der Waals surface area contributed by atoms with E-state index in [-0.39, 0.29) is 11.5 Å². The van der Waals surface area contributed by atoms with Crippen molar-refractivity contribution in [1.82, 2.24) is 0 Å². The van der Waals surface area contributed by atoms with Crippen LogP contribution in [0.5, 0.6) is 5.75 Å². The van der Waals surface area contributed by atoms with Crippen molar-refractivity contribution in [3.05, 3.63) is 29.6 Å². The van der Waals surface area contributed by atoms with Gasteiger partial charge in [-0.2, -0.15) is 0 Å². The molecule has 0 aliphatic heterocycles. The fourth-order valence-corrected chi connectivity index (χ4v) is 1.30. The lowest BCUT2D eigenvalue weighted by atomic mass is 9.86. The van der Waals surface area contributed by atoms with E-state index in [0.717, 1.165) is 0 Å². The maximum Gasteiger partial charge on any atom is 0.172 e. The summed E-state index contributed by atoms with van der Waals surface area (Å²) in [6, 6.07) is 4.37. The molecular weight excluding hydrogens is 195 g/mol. The van der Waals surface area contributed by atoms with E-state index < -0.39 is 11.2 Å². The number of para-hydroxylation sites is 1. The van der Waals surface area contributed by atoms with Crippen molar-refractivity contribution in [3.8, 4) is 5.75 Å². The molecule has 0 fully saturated rings. The minimum absolute atomic E-state index is 0.0254. The van der Waals surface area contributed by atoms with Gasteiger partial charge in [-0.3, -0.25) is 4.79 Å². The summed E-state index contributed by atoms with van der Waals surface area (Å²) in [7, 11) is 1.36. The number of rotatable bonds is 2. The molecule has 0 N–H and O–H groups in total. The summed E-state index contributed by atoms with van der Waals surface area (Å²) in [6.07, 6.45) is 0. The summed E-state index contributed by atoms with van der Waals surface area (Å²) in [4.78, 5) is 12.0. The third-order valence-corrected chi connectivity index (χ3v) is 2.10. The summed E-state index contributed by atoms with van der Waals surface area (Å²) in [6.45, 7) is 5.37. The van der Waals surface area contributed by atoms with Crippen LogP contribution in [-0.4, -0.2) is 12.9 Å². The van der Waals surface area contributed by atoms with Crippen molar-refractivity contribution < 1.29 is 13.9 Å². The minimum Gasteiger partial charge on any atom is -0.493 e. The van der Waals surface area contributed by atoms with Crippen LogP contribution < -0.4 is 4.74 Å². The van der Waals surface area contributed by atoms with Gasteiger partial charge in [-0.1, -0.05) is 26.8 Å². The summed E-state index contributed by atoms with van der Waals surface area (Å²) in [5.74, 6) is -0.608. The Labute approximate surface area is 89.1 Å². The Morgan fingerprint density at radius 1 is 1.33 bits per heavy atom. The van der Waals surface area contributed by atoms with Crippen LogP contribution in [0.3, 0.4) is 0 Å². The van der Waals surface area contributed by atoms with Gasteiger partial charge in [0.2, 0.25) is 0 Å². The van der Waals surface area contributed by atoms with E-state index >= 15 is 0 Å². The van der Waals surface area contributed by atoms with Crippen molar-refractivity contribution in [2.45, 2.75) is 20.8 Å². The molecule has 0 aliphatic carbocycles. The predicted octanol–water partition coefficient (Wildman–Crippen LogP) is 3.06. The van der Waals surface area contributed by atoms with E-state index in [4.69, 9.17) is 4.74 Å². The first-order chi connectivity index (χ1) is 6.88. The minimum atomic E-state index is -0.541. The van der Waals surface area contributed by atoms with Gasteiger partial charge in [-0.05, 0) is 12.1 Å². The summed E-state index contributed by atoms with van der Waals surface area (Å²) < 4.78 is 18.2. The number of halogens is 1. The van der Waals surface area contributed by atoms with E-state index in [0.29, 0.717) is 5.56 Å². The number of carbonyl (C=O) groups excluding carboxylic acids is 1. The van der Waals surface area contributed by atoms with Gasteiger partial charge in [0.1, 0.15) is 0 Å². The molecule has 0 atom stereocenters. The van der Waals surface area contributed by atoms with Crippen LogP contribution in [0.4, 0.5) is 4.39 Å². The van der Waals surface area contributed by atoms with E-state index in [1.165, 1.54) is 19.2 Å². The van der Waals surface area contributed by atoms with Crippen LogP contribution in [0.2, 0.25) is 0 Å². The van der Waals surface area contributed by atoms with Crippen LogP contribution in [0.25, 0.3) is 0 Å². The van der Waals surface area contributed by atoms with E-state index in [9.17, 15) is 9.18 Å². The van der Waals surface area contributed by atoms with E-state index in [1.807, 2.05) is 0 Å².